The number of hydrogen-bond acceptors (Lipinski definition) is 4. The van der Waals surface area contributed by atoms with Crippen molar-refractivity contribution in [1.29, 1.82) is 0 Å². The van der Waals surface area contributed by atoms with Crippen LogP contribution in [0.1, 0.15) is 27.4 Å². The van der Waals surface area contributed by atoms with Gasteiger partial charge in [0.05, 0.1) is 10.7 Å². The van der Waals surface area contributed by atoms with Crippen molar-refractivity contribution < 1.29 is 9.53 Å². The van der Waals surface area contributed by atoms with Crippen molar-refractivity contribution >= 4 is 29.1 Å². The van der Waals surface area contributed by atoms with E-state index >= 15 is 0 Å². The van der Waals surface area contributed by atoms with Crippen LogP contribution in [0.25, 0.3) is 0 Å². The van der Waals surface area contributed by atoms with Gasteiger partial charge in [0, 0.05) is 36.1 Å². The first kappa shape index (κ1) is 19.3. The van der Waals surface area contributed by atoms with Crippen LogP contribution in [0.5, 0.6) is 5.75 Å². The number of nitrogens with zero attached hydrogens (tertiary/aromatic N) is 4. The lowest BCUT2D eigenvalue weighted by atomic mass is 10.2. The Bertz CT molecular complexity index is 980. The number of rotatable bonds is 6. The van der Waals surface area contributed by atoms with Gasteiger partial charge in [-0.3, -0.25) is 9.48 Å². The number of hydrogen-bond donors (Lipinski definition) is 1. The van der Waals surface area contributed by atoms with Crippen LogP contribution in [-0.4, -0.2) is 25.5 Å². The molecule has 0 fully saturated rings. The maximum atomic E-state index is 12.3. The van der Waals surface area contributed by atoms with Gasteiger partial charge in [0.1, 0.15) is 11.4 Å². The Morgan fingerprint density at radius 1 is 1.22 bits per heavy atom. The summed E-state index contributed by atoms with van der Waals surface area (Å²) in [5, 5.41) is 12.4. The highest BCUT2D eigenvalue weighted by Gasteiger charge is 2.13. The third-order valence-electron chi connectivity index (χ3n) is 4.20. The fourth-order valence-corrected chi connectivity index (χ4v) is 3.08. The third-order valence-corrected chi connectivity index (χ3v) is 4.73. The first-order valence-corrected chi connectivity index (χ1v) is 8.99. The molecule has 3 rings (SSSR count). The minimum Gasteiger partial charge on any atom is -0.470 e. The van der Waals surface area contributed by atoms with Gasteiger partial charge in [-0.15, -0.1) is 0 Å². The van der Waals surface area contributed by atoms with Gasteiger partial charge in [-0.25, -0.2) is 4.68 Å². The zero-order chi connectivity index (χ0) is 19.6. The van der Waals surface area contributed by atoms with Gasteiger partial charge in [-0.2, -0.15) is 10.2 Å². The number of aromatic nitrogens is 4. The molecular formula is C18H19Cl2N5O2. The van der Waals surface area contributed by atoms with Crippen LogP contribution in [-0.2, 0) is 20.3 Å². The van der Waals surface area contributed by atoms with Crippen LogP contribution in [0.4, 0.5) is 0 Å². The highest BCUT2D eigenvalue weighted by Crippen LogP contribution is 2.27. The first-order valence-electron chi connectivity index (χ1n) is 8.23. The Labute approximate surface area is 166 Å². The minimum absolute atomic E-state index is 0.120. The lowest BCUT2D eigenvalue weighted by Gasteiger charge is -2.08. The van der Waals surface area contributed by atoms with Gasteiger partial charge in [-0.05, 0) is 38.1 Å². The monoisotopic (exact) mass is 407 g/mol. The Hall–Kier alpha value is -2.51. The van der Waals surface area contributed by atoms with E-state index in [1.165, 1.54) is 4.68 Å². The Morgan fingerprint density at radius 3 is 2.67 bits per heavy atom. The van der Waals surface area contributed by atoms with Crippen molar-refractivity contribution in [3.05, 3.63) is 63.2 Å². The molecule has 3 aromatic rings. The van der Waals surface area contributed by atoms with E-state index in [1.54, 1.807) is 35.1 Å². The lowest BCUT2D eigenvalue weighted by Crippen LogP contribution is -2.24. The topological polar surface area (TPSA) is 74.0 Å². The quantitative estimate of drug-likeness (QED) is 0.678. The summed E-state index contributed by atoms with van der Waals surface area (Å²) in [5.41, 5.74) is 3.23. The van der Waals surface area contributed by atoms with Crippen LogP contribution in [0.2, 0.25) is 10.0 Å². The Kier molecular flexibility index (Phi) is 5.72. The number of halogens is 2. The van der Waals surface area contributed by atoms with Gasteiger partial charge >= 0.3 is 0 Å². The van der Waals surface area contributed by atoms with E-state index in [2.05, 4.69) is 15.5 Å². The molecule has 27 heavy (non-hydrogen) atoms. The molecule has 1 N–H and O–H groups in total. The van der Waals surface area contributed by atoms with E-state index in [1.807, 2.05) is 20.9 Å². The van der Waals surface area contributed by atoms with E-state index in [4.69, 9.17) is 27.9 Å². The number of nitrogens with one attached hydrogen (secondary N) is 1. The molecule has 1 amide bonds. The molecule has 142 valence electrons. The zero-order valence-corrected chi connectivity index (χ0v) is 16.7. The second kappa shape index (κ2) is 8.02. The summed E-state index contributed by atoms with van der Waals surface area (Å²) in [4.78, 5) is 12.3. The first-order chi connectivity index (χ1) is 12.8. The zero-order valence-electron chi connectivity index (χ0n) is 15.2. The van der Waals surface area contributed by atoms with E-state index < -0.39 is 0 Å². The number of benzene rings is 1. The number of aryl methyl sites for hydroxylation is 2. The minimum atomic E-state index is -0.263. The van der Waals surface area contributed by atoms with E-state index in [0.717, 1.165) is 17.0 Å². The molecule has 0 unspecified atom stereocenters. The molecule has 2 aromatic heterocycles. The molecule has 0 saturated carbocycles. The van der Waals surface area contributed by atoms with Crippen molar-refractivity contribution in [1.82, 2.24) is 24.9 Å². The molecule has 0 aliphatic rings. The van der Waals surface area contributed by atoms with Crippen molar-refractivity contribution in [2.24, 2.45) is 7.05 Å². The predicted octanol–water partition coefficient (Wildman–Crippen LogP) is 3.51. The molecule has 2 heterocycles. The van der Waals surface area contributed by atoms with Crippen molar-refractivity contribution in [3.8, 4) is 5.75 Å². The second-order valence-electron chi connectivity index (χ2n) is 6.04. The molecule has 7 nitrogen and oxygen atoms in total. The van der Waals surface area contributed by atoms with Crippen molar-refractivity contribution in [2.75, 3.05) is 0 Å². The molecule has 0 atom stereocenters. The number of ether oxygens (including phenoxy) is 1. The predicted molar refractivity (Wildman–Crippen MR) is 103 cm³/mol. The molecule has 0 aliphatic heterocycles. The Balaban J connectivity index is 1.58. The summed E-state index contributed by atoms with van der Waals surface area (Å²) >= 11 is 11.9. The molecule has 0 spiro atoms. The van der Waals surface area contributed by atoms with Gasteiger partial charge in [0.2, 0.25) is 0 Å². The van der Waals surface area contributed by atoms with E-state index in [-0.39, 0.29) is 12.6 Å². The van der Waals surface area contributed by atoms with Crippen molar-refractivity contribution in [2.45, 2.75) is 27.1 Å². The standard InChI is InChI=1S/C18H19Cl2N5O2/c1-11-14(12(2)24(3)22-11)9-21-18(26)16-6-7-25(23-16)10-27-17-5-4-13(19)8-15(17)20/h4-8H,9-10H2,1-3H3,(H,21,26). The fraction of sp³-hybridized carbons (Fsp3) is 0.278. The second-order valence-corrected chi connectivity index (χ2v) is 6.89. The average molecular weight is 408 g/mol. The largest absolute Gasteiger partial charge is 0.470 e. The fourth-order valence-electron chi connectivity index (χ4n) is 2.62. The Morgan fingerprint density at radius 2 is 2.00 bits per heavy atom. The van der Waals surface area contributed by atoms with E-state index in [9.17, 15) is 4.79 Å². The maximum Gasteiger partial charge on any atom is 0.272 e. The van der Waals surface area contributed by atoms with Crippen LogP contribution < -0.4 is 10.1 Å². The summed E-state index contributed by atoms with van der Waals surface area (Å²) in [6.45, 7) is 4.40. The summed E-state index contributed by atoms with van der Waals surface area (Å²) in [5.74, 6) is 0.228. The van der Waals surface area contributed by atoms with Crippen molar-refractivity contribution in [3.63, 3.8) is 0 Å². The molecule has 0 saturated heterocycles. The average Bonchev–Trinajstić information content (AvgIpc) is 3.18. The highest BCUT2D eigenvalue weighted by atomic mass is 35.5. The molecule has 0 bridgehead atoms. The van der Waals surface area contributed by atoms with Gasteiger partial charge in [-0.1, -0.05) is 23.2 Å². The number of carbonyl (C=O) groups excluding carboxylic acids is 1. The van der Waals surface area contributed by atoms with Crippen LogP contribution in [0.15, 0.2) is 30.5 Å². The molecule has 0 aliphatic carbocycles. The molecule has 9 heteroatoms. The van der Waals surface area contributed by atoms with Crippen LogP contribution in [0.3, 0.4) is 0 Å². The van der Waals surface area contributed by atoms with Crippen LogP contribution >= 0.6 is 23.2 Å². The summed E-state index contributed by atoms with van der Waals surface area (Å²) in [6, 6.07) is 6.60. The number of amides is 1. The summed E-state index contributed by atoms with van der Waals surface area (Å²) < 4.78 is 8.91. The summed E-state index contributed by atoms with van der Waals surface area (Å²) in [6.07, 6.45) is 1.67. The van der Waals surface area contributed by atoms with E-state index in [0.29, 0.717) is 28.0 Å². The third kappa shape index (κ3) is 4.43. The molecular weight excluding hydrogens is 389 g/mol. The normalized spacial score (nSPS) is 10.9. The molecule has 1 aromatic carbocycles. The van der Waals surface area contributed by atoms with Crippen LogP contribution in [0, 0.1) is 13.8 Å². The van der Waals surface area contributed by atoms with Gasteiger partial charge in [0.25, 0.3) is 5.91 Å². The maximum absolute atomic E-state index is 12.3. The highest BCUT2D eigenvalue weighted by molar-refractivity contribution is 6.35. The lowest BCUT2D eigenvalue weighted by molar-refractivity contribution is 0.0943. The van der Waals surface area contributed by atoms with Gasteiger partial charge < -0.3 is 10.1 Å². The molecule has 0 radical (unpaired) electrons. The van der Waals surface area contributed by atoms with Gasteiger partial charge in [0.15, 0.2) is 6.73 Å². The smallest absolute Gasteiger partial charge is 0.272 e. The number of carbonyl (C=O) groups is 1. The summed E-state index contributed by atoms with van der Waals surface area (Å²) in [7, 11) is 1.88. The SMILES string of the molecule is Cc1nn(C)c(C)c1CNC(=O)c1ccn(COc2ccc(Cl)cc2Cl)n1.